The molecule has 0 aliphatic carbocycles. The lowest BCUT2D eigenvalue weighted by Gasteiger charge is -2.08. The maximum absolute atomic E-state index is 12.6. The largest absolute Gasteiger partial charge is 0.507 e. The van der Waals surface area contributed by atoms with E-state index in [1.54, 1.807) is 13.0 Å². The van der Waals surface area contributed by atoms with Crippen molar-refractivity contribution in [1.29, 1.82) is 5.26 Å². The summed E-state index contributed by atoms with van der Waals surface area (Å²) in [5, 5.41) is 18.2. The second kappa shape index (κ2) is 5.96. The van der Waals surface area contributed by atoms with Gasteiger partial charge in [0.1, 0.15) is 5.75 Å². The molecule has 0 saturated heterocycles. The van der Waals surface area contributed by atoms with Crippen molar-refractivity contribution in [2.45, 2.75) is 19.8 Å². The highest BCUT2D eigenvalue weighted by atomic mass is 19.3. The lowest BCUT2D eigenvalue weighted by molar-refractivity contribution is -0.142. The highest BCUT2D eigenvalue weighted by molar-refractivity contribution is 5.73. The van der Waals surface area contributed by atoms with Crippen LogP contribution in [0.15, 0.2) is 12.1 Å². The molecule has 0 aliphatic rings. The standard InChI is InChI=1S/C12H11F2NO3/c1-2-18-10(17)5-7-3-8(6-15)11(12(13)14)9(16)4-7/h3-4,12,16H,2,5H2,1H3. The van der Waals surface area contributed by atoms with Gasteiger partial charge in [0.2, 0.25) is 0 Å². The fourth-order valence-corrected chi connectivity index (χ4v) is 1.50. The predicted octanol–water partition coefficient (Wildman–Crippen LogP) is 2.31. The summed E-state index contributed by atoms with van der Waals surface area (Å²) in [6.07, 6.45) is -3.13. The van der Waals surface area contributed by atoms with Crippen LogP contribution in [0.3, 0.4) is 0 Å². The Hall–Kier alpha value is -2.16. The molecule has 1 aromatic rings. The smallest absolute Gasteiger partial charge is 0.310 e. The molecule has 0 heterocycles. The Kier molecular flexibility index (Phi) is 4.60. The number of phenols is 1. The highest BCUT2D eigenvalue weighted by Gasteiger charge is 2.20. The highest BCUT2D eigenvalue weighted by Crippen LogP contribution is 2.32. The van der Waals surface area contributed by atoms with Gasteiger partial charge >= 0.3 is 5.97 Å². The van der Waals surface area contributed by atoms with E-state index in [-0.39, 0.29) is 24.2 Å². The molecule has 1 N–H and O–H groups in total. The van der Waals surface area contributed by atoms with Crippen LogP contribution in [0.4, 0.5) is 8.78 Å². The van der Waals surface area contributed by atoms with Crippen molar-refractivity contribution in [3.8, 4) is 11.8 Å². The summed E-state index contributed by atoms with van der Waals surface area (Å²) in [6, 6.07) is 3.76. The molecule has 0 fully saturated rings. The fourth-order valence-electron chi connectivity index (χ4n) is 1.50. The van der Waals surface area contributed by atoms with Gasteiger partial charge in [-0.15, -0.1) is 0 Å². The van der Waals surface area contributed by atoms with Crippen molar-refractivity contribution >= 4 is 5.97 Å². The fraction of sp³-hybridized carbons (Fsp3) is 0.333. The van der Waals surface area contributed by atoms with Crippen molar-refractivity contribution < 1.29 is 23.4 Å². The van der Waals surface area contributed by atoms with Gasteiger partial charge in [-0.1, -0.05) is 0 Å². The van der Waals surface area contributed by atoms with Crippen LogP contribution in [0, 0.1) is 11.3 Å². The van der Waals surface area contributed by atoms with E-state index in [4.69, 9.17) is 5.26 Å². The second-order valence-electron chi connectivity index (χ2n) is 3.47. The van der Waals surface area contributed by atoms with Crippen LogP contribution in [0.25, 0.3) is 0 Å². The van der Waals surface area contributed by atoms with Crippen molar-refractivity contribution in [1.82, 2.24) is 0 Å². The molecule has 0 amide bonds. The number of aromatic hydroxyl groups is 1. The van der Waals surface area contributed by atoms with Crippen molar-refractivity contribution in [2.75, 3.05) is 6.61 Å². The molecule has 0 unspecified atom stereocenters. The number of hydrogen-bond donors (Lipinski definition) is 1. The van der Waals surface area contributed by atoms with Gasteiger partial charge in [-0.25, -0.2) is 8.78 Å². The van der Waals surface area contributed by atoms with Crippen LogP contribution in [-0.4, -0.2) is 17.7 Å². The molecular weight excluding hydrogens is 244 g/mol. The summed E-state index contributed by atoms with van der Waals surface area (Å²) < 4.78 is 29.9. The summed E-state index contributed by atoms with van der Waals surface area (Å²) >= 11 is 0. The van der Waals surface area contributed by atoms with Gasteiger partial charge in [0, 0.05) is 0 Å². The summed E-state index contributed by atoms with van der Waals surface area (Å²) in [4.78, 5) is 11.2. The first kappa shape index (κ1) is 13.9. The van der Waals surface area contributed by atoms with Gasteiger partial charge < -0.3 is 9.84 Å². The van der Waals surface area contributed by atoms with Gasteiger partial charge in [0.15, 0.2) is 0 Å². The Balaban J connectivity index is 3.08. The third-order valence-corrected chi connectivity index (χ3v) is 2.21. The minimum Gasteiger partial charge on any atom is -0.507 e. The number of carbonyl (C=O) groups is 1. The normalized spacial score (nSPS) is 10.2. The molecule has 96 valence electrons. The number of phenolic OH excluding ortho intramolecular Hbond substituents is 1. The van der Waals surface area contributed by atoms with Crippen LogP contribution >= 0.6 is 0 Å². The summed E-state index contributed by atoms with van der Waals surface area (Å²) in [5.74, 6) is -1.24. The lowest BCUT2D eigenvalue weighted by atomic mass is 10.0. The predicted molar refractivity (Wildman–Crippen MR) is 58.1 cm³/mol. The molecule has 0 aromatic heterocycles. The number of carbonyl (C=O) groups excluding carboxylic acids is 1. The van der Waals surface area contributed by atoms with Crippen LogP contribution in [-0.2, 0) is 16.0 Å². The van der Waals surface area contributed by atoms with E-state index >= 15 is 0 Å². The zero-order valence-electron chi connectivity index (χ0n) is 9.61. The van der Waals surface area contributed by atoms with Crippen LogP contribution in [0.1, 0.15) is 30.0 Å². The molecule has 0 radical (unpaired) electrons. The third-order valence-electron chi connectivity index (χ3n) is 2.21. The van der Waals surface area contributed by atoms with Gasteiger partial charge in [-0.2, -0.15) is 5.26 Å². The number of benzene rings is 1. The number of nitriles is 1. The van der Waals surface area contributed by atoms with Gasteiger partial charge in [0.05, 0.1) is 30.2 Å². The first-order chi connectivity index (χ1) is 8.49. The Bertz CT molecular complexity index is 495. The van der Waals surface area contributed by atoms with E-state index in [1.165, 1.54) is 0 Å². The minimum atomic E-state index is -2.95. The number of ether oxygens (including phenoxy) is 1. The molecule has 0 bridgehead atoms. The number of hydrogen-bond acceptors (Lipinski definition) is 4. The van der Waals surface area contributed by atoms with Crippen LogP contribution in [0.5, 0.6) is 5.75 Å². The molecule has 4 nitrogen and oxygen atoms in total. The Morgan fingerprint density at radius 1 is 1.56 bits per heavy atom. The molecule has 1 aromatic carbocycles. The molecule has 0 spiro atoms. The van der Waals surface area contributed by atoms with Gasteiger partial charge in [0.25, 0.3) is 6.43 Å². The van der Waals surface area contributed by atoms with E-state index in [2.05, 4.69) is 4.74 Å². The van der Waals surface area contributed by atoms with Crippen LogP contribution in [0.2, 0.25) is 0 Å². The zero-order valence-corrected chi connectivity index (χ0v) is 9.61. The maximum atomic E-state index is 12.6. The molecule has 1 rings (SSSR count). The maximum Gasteiger partial charge on any atom is 0.310 e. The summed E-state index contributed by atoms with van der Waals surface area (Å²) in [6.45, 7) is 1.83. The Morgan fingerprint density at radius 3 is 2.72 bits per heavy atom. The first-order valence-electron chi connectivity index (χ1n) is 5.19. The molecule has 0 atom stereocenters. The van der Waals surface area contributed by atoms with E-state index in [1.807, 2.05) is 0 Å². The van der Waals surface area contributed by atoms with Crippen molar-refractivity contribution in [3.05, 3.63) is 28.8 Å². The van der Waals surface area contributed by atoms with E-state index in [0.29, 0.717) is 0 Å². The number of rotatable bonds is 4. The number of esters is 1. The average Bonchev–Trinajstić information content (AvgIpc) is 2.27. The van der Waals surface area contributed by atoms with Crippen LogP contribution < -0.4 is 0 Å². The quantitative estimate of drug-likeness (QED) is 0.838. The van der Waals surface area contributed by atoms with E-state index in [9.17, 15) is 18.7 Å². The molecule has 6 heteroatoms. The second-order valence-corrected chi connectivity index (χ2v) is 3.47. The molecule has 18 heavy (non-hydrogen) atoms. The third kappa shape index (κ3) is 3.17. The SMILES string of the molecule is CCOC(=O)Cc1cc(O)c(C(F)F)c(C#N)c1. The van der Waals surface area contributed by atoms with Crippen molar-refractivity contribution in [3.63, 3.8) is 0 Å². The summed E-state index contributed by atoms with van der Waals surface area (Å²) in [5.41, 5.74) is -0.804. The summed E-state index contributed by atoms with van der Waals surface area (Å²) in [7, 11) is 0. The monoisotopic (exact) mass is 255 g/mol. The first-order valence-corrected chi connectivity index (χ1v) is 5.19. The molecule has 0 aliphatic heterocycles. The number of alkyl halides is 2. The van der Waals surface area contributed by atoms with E-state index in [0.717, 1.165) is 12.1 Å². The number of halogens is 2. The zero-order chi connectivity index (χ0) is 13.7. The number of nitrogens with zero attached hydrogens (tertiary/aromatic N) is 1. The molecular formula is C12H11F2NO3. The topological polar surface area (TPSA) is 70.3 Å². The Labute approximate surface area is 102 Å². The van der Waals surface area contributed by atoms with Gasteiger partial charge in [-0.05, 0) is 24.6 Å². The molecule has 0 saturated carbocycles. The minimum absolute atomic E-state index is 0.181. The van der Waals surface area contributed by atoms with E-state index < -0.39 is 23.7 Å². The lowest BCUT2D eigenvalue weighted by Crippen LogP contribution is -2.08. The average molecular weight is 255 g/mol. The van der Waals surface area contributed by atoms with Gasteiger partial charge in [-0.3, -0.25) is 4.79 Å². The van der Waals surface area contributed by atoms with Crippen molar-refractivity contribution in [2.24, 2.45) is 0 Å². The Morgan fingerprint density at radius 2 is 2.22 bits per heavy atom.